The van der Waals surface area contributed by atoms with E-state index < -0.39 is 0 Å². The molecule has 0 amide bonds. The molecule has 1 aromatic rings. The minimum absolute atomic E-state index is 0.297. The second-order valence-corrected chi connectivity index (χ2v) is 5.16. The van der Waals surface area contributed by atoms with Gasteiger partial charge in [0, 0.05) is 24.1 Å². The molecule has 1 aromatic heterocycles. The van der Waals surface area contributed by atoms with Gasteiger partial charge in [0.25, 0.3) is 0 Å². The third-order valence-corrected chi connectivity index (χ3v) is 4.01. The van der Waals surface area contributed by atoms with E-state index >= 15 is 0 Å². The van der Waals surface area contributed by atoms with Crippen LogP contribution in [0.4, 0.5) is 0 Å². The molecule has 0 bridgehead atoms. The highest BCUT2D eigenvalue weighted by Crippen LogP contribution is 2.19. The average molecular weight is 239 g/mol. The van der Waals surface area contributed by atoms with Gasteiger partial charge in [-0.2, -0.15) is 0 Å². The molecule has 0 spiro atoms. The second-order valence-electron chi connectivity index (χ2n) is 4.22. The Morgan fingerprint density at radius 3 is 2.88 bits per heavy atom. The molecule has 1 heterocycles. The Bertz CT molecular complexity index is 352. The third-order valence-electron chi connectivity index (χ3n) is 3.02. The van der Waals surface area contributed by atoms with E-state index in [1.807, 2.05) is 12.4 Å². The lowest BCUT2D eigenvalue weighted by Gasteiger charge is -2.21. The highest BCUT2D eigenvalue weighted by atomic mass is 32.1. The number of hydrogen-bond donors (Lipinski definition) is 0. The first-order valence-corrected chi connectivity index (χ1v) is 6.66. The zero-order valence-electron chi connectivity index (χ0n) is 9.57. The summed E-state index contributed by atoms with van der Waals surface area (Å²) in [5, 5.41) is 0. The minimum Gasteiger partial charge on any atom is -0.378 e. The number of aromatic nitrogens is 1. The first kappa shape index (κ1) is 11.7. The van der Waals surface area contributed by atoms with E-state index in [4.69, 9.17) is 4.74 Å². The summed E-state index contributed by atoms with van der Waals surface area (Å²) in [5.74, 6) is 0.387. The van der Waals surface area contributed by atoms with E-state index in [0.29, 0.717) is 24.7 Å². The molecule has 1 saturated carbocycles. The van der Waals surface area contributed by atoms with Crippen LogP contribution in [0, 0.1) is 6.92 Å². The van der Waals surface area contributed by atoms with Crippen LogP contribution in [0.5, 0.6) is 0 Å². The third kappa shape index (κ3) is 3.12. The van der Waals surface area contributed by atoms with Crippen LogP contribution in [-0.2, 0) is 16.0 Å². The van der Waals surface area contributed by atoms with Gasteiger partial charge in [0.05, 0.1) is 23.9 Å². The Balaban J connectivity index is 1.68. The Morgan fingerprint density at radius 1 is 1.50 bits per heavy atom. The molecule has 0 saturated heterocycles. The fourth-order valence-electron chi connectivity index (χ4n) is 1.96. The van der Waals surface area contributed by atoms with Crippen molar-refractivity contribution in [1.82, 2.24) is 4.98 Å². The van der Waals surface area contributed by atoms with Gasteiger partial charge >= 0.3 is 0 Å². The summed E-state index contributed by atoms with van der Waals surface area (Å²) < 4.78 is 5.79. The van der Waals surface area contributed by atoms with Gasteiger partial charge in [0.15, 0.2) is 0 Å². The van der Waals surface area contributed by atoms with Crippen LogP contribution in [0.1, 0.15) is 36.3 Å². The van der Waals surface area contributed by atoms with E-state index in [1.165, 1.54) is 4.88 Å². The average Bonchev–Trinajstić information content (AvgIpc) is 2.68. The maximum absolute atomic E-state index is 11.1. The van der Waals surface area contributed by atoms with Crippen LogP contribution >= 0.6 is 11.3 Å². The monoisotopic (exact) mass is 239 g/mol. The van der Waals surface area contributed by atoms with Crippen LogP contribution < -0.4 is 0 Å². The van der Waals surface area contributed by atoms with Gasteiger partial charge in [0.1, 0.15) is 5.78 Å². The van der Waals surface area contributed by atoms with E-state index in [1.54, 1.807) is 11.3 Å². The van der Waals surface area contributed by atoms with E-state index in [-0.39, 0.29) is 0 Å². The SMILES string of the molecule is Cc1ncsc1CCOC1CCC(=O)CC1. The molecule has 88 valence electrons. The number of hydrogen-bond acceptors (Lipinski definition) is 4. The number of ketones is 1. The normalized spacial score (nSPS) is 17.9. The molecular formula is C12H17NO2S. The fraction of sp³-hybridized carbons (Fsp3) is 0.667. The molecule has 1 aliphatic carbocycles. The topological polar surface area (TPSA) is 39.2 Å². The van der Waals surface area contributed by atoms with Gasteiger partial charge in [-0.05, 0) is 19.8 Å². The Labute approximate surface area is 99.8 Å². The quantitative estimate of drug-likeness (QED) is 0.810. The number of carbonyl (C=O) groups is 1. The van der Waals surface area contributed by atoms with Gasteiger partial charge < -0.3 is 4.74 Å². The molecule has 0 radical (unpaired) electrons. The van der Waals surface area contributed by atoms with Gasteiger partial charge in [0.2, 0.25) is 0 Å². The largest absolute Gasteiger partial charge is 0.378 e. The van der Waals surface area contributed by atoms with Gasteiger partial charge in [-0.15, -0.1) is 11.3 Å². The van der Waals surface area contributed by atoms with E-state index in [9.17, 15) is 4.79 Å². The highest BCUT2D eigenvalue weighted by Gasteiger charge is 2.18. The molecule has 3 nitrogen and oxygen atoms in total. The number of rotatable bonds is 4. The predicted molar refractivity (Wildman–Crippen MR) is 63.8 cm³/mol. The molecule has 0 aliphatic heterocycles. The lowest BCUT2D eigenvalue weighted by Crippen LogP contribution is -2.22. The summed E-state index contributed by atoms with van der Waals surface area (Å²) in [6.45, 7) is 2.78. The van der Waals surface area contributed by atoms with E-state index in [2.05, 4.69) is 4.98 Å². The maximum atomic E-state index is 11.1. The fourth-order valence-corrected chi connectivity index (χ4v) is 2.73. The first-order valence-electron chi connectivity index (χ1n) is 5.78. The van der Waals surface area contributed by atoms with Crippen molar-refractivity contribution in [3.63, 3.8) is 0 Å². The van der Waals surface area contributed by atoms with Crippen molar-refractivity contribution in [2.45, 2.75) is 45.1 Å². The number of thiazole rings is 1. The van der Waals surface area contributed by atoms with Crippen molar-refractivity contribution in [2.75, 3.05) is 6.61 Å². The molecule has 4 heteroatoms. The molecule has 0 atom stereocenters. The smallest absolute Gasteiger partial charge is 0.133 e. The summed E-state index contributed by atoms with van der Waals surface area (Å²) in [4.78, 5) is 16.6. The molecule has 0 N–H and O–H groups in total. The molecule has 16 heavy (non-hydrogen) atoms. The number of nitrogens with zero attached hydrogens (tertiary/aromatic N) is 1. The van der Waals surface area contributed by atoms with Crippen LogP contribution in [0.2, 0.25) is 0 Å². The Kier molecular flexibility index (Phi) is 4.07. The number of aryl methyl sites for hydroxylation is 1. The lowest BCUT2D eigenvalue weighted by atomic mass is 9.96. The molecule has 1 fully saturated rings. The lowest BCUT2D eigenvalue weighted by molar-refractivity contribution is -0.122. The Hall–Kier alpha value is -0.740. The van der Waals surface area contributed by atoms with E-state index in [0.717, 1.165) is 31.6 Å². The summed E-state index contributed by atoms with van der Waals surface area (Å²) in [6, 6.07) is 0. The maximum Gasteiger partial charge on any atom is 0.133 e. The van der Waals surface area contributed by atoms with Crippen LogP contribution in [0.25, 0.3) is 0 Å². The number of Topliss-reactive ketones (excluding diaryl/α,β-unsaturated/α-hetero) is 1. The summed E-state index contributed by atoms with van der Waals surface area (Å²) in [5.41, 5.74) is 3.00. The summed E-state index contributed by atoms with van der Waals surface area (Å²) in [6.07, 6.45) is 4.45. The van der Waals surface area contributed by atoms with Crippen LogP contribution in [-0.4, -0.2) is 23.5 Å². The Morgan fingerprint density at radius 2 is 2.25 bits per heavy atom. The molecule has 1 aliphatic rings. The van der Waals surface area contributed by atoms with Crippen molar-refractivity contribution < 1.29 is 9.53 Å². The van der Waals surface area contributed by atoms with Gasteiger partial charge in [-0.25, -0.2) is 4.98 Å². The second kappa shape index (κ2) is 5.55. The molecule has 2 rings (SSSR count). The number of carbonyl (C=O) groups excluding carboxylic acids is 1. The highest BCUT2D eigenvalue weighted by molar-refractivity contribution is 7.09. The van der Waals surface area contributed by atoms with Crippen LogP contribution in [0.15, 0.2) is 5.51 Å². The van der Waals surface area contributed by atoms with Crippen molar-refractivity contribution >= 4 is 17.1 Å². The zero-order valence-corrected chi connectivity index (χ0v) is 10.4. The van der Waals surface area contributed by atoms with Crippen molar-refractivity contribution in [2.24, 2.45) is 0 Å². The van der Waals surface area contributed by atoms with Gasteiger partial charge in [-0.3, -0.25) is 4.79 Å². The van der Waals surface area contributed by atoms with Crippen molar-refractivity contribution in [1.29, 1.82) is 0 Å². The first-order chi connectivity index (χ1) is 7.75. The van der Waals surface area contributed by atoms with Crippen LogP contribution in [0.3, 0.4) is 0 Å². The molecule has 0 unspecified atom stereocenters. The van der Waals surface area contributed by atoms with Crippen molar-refractivity contribution in [3.8, 4) is 0 Å². The summed E-state index contributed by atoms with van der Waals surface area (Å²) >= 11 is 1.69. The molecular weight excluding hydrogens is 222 g/mol. The standard InChI is InChI=1S/C12H17NO2S/c1-9-12(16-8-13-9)6-7-15-11-4-2-10(14)3-5-11/h8,11H,2-7H2,1H3. The van der Waals surface area contributed by atoms with Crippen molar-refractivity contribution in [3.05, 3.63) is 16.1 Å². The number of ether oxygens (including phenoxy) is 1. The molecule has 0 aromatic carbocycles. The minimum atomic E-state index is 0.297. The summed E-state index contributed by atoms with van der Waals surface area (Å²) in [7, 11) is 0. The zero-order chi connectivity index (χ0) is 11.4. The van der Waals surface area contributed by atoms with Gasteiger partial charge in [-0.1, -0.05) is 0 Å². The predicted octanol–water partition coefficient (Wildman–Crippen LogP) is 2.52.